The van der Waals surface area contributed by atoms with E-state index in [1.54, 1.807) is 18.5 Å². The molecule has 1 aliphatic carbocycles. The number of nitrogens with zero attached hydrogens (tertiary/aromatic N) is 4. The first-order valence-electron chi connectivity index (χ1n) is 9.75. The molecule has 3 aromatic rings. The van der Waals surface area contributed by atoms with Crippen molar-refractivity contribution in [2.45, 2.75) is 32.2 Å². The van der Waals surface area contributed by atoms with Gasteiger partial charge in [-0.05, 0) is 37.3 Å². The SMILES string of the molecule is Fc1ccccc1CN1CCN(c2ncnc3sc4c(c23)CCCC4)CC1. The molecule has 2 aliphatic rings. The summed E-state index contributed by atoms with van der Waals surface area (Å²) in [6.45, 7) is 4.36. The van der Waals surface area contributed by atoms with E-state index >= 15 is 0 Å². The standard InChI is InChI=1S/C21H23FN4S/c22-17-7-3-1-5-15(17)13-25-9-11-26(12-10-25)20-19-16-6-2-4-8-18(16)27-21(19)24-14-23-20/h1,3,5,7,14H,2,4,6,8-13H2. The number of anilines is 1. The fourth-order valence-corrected chi connectivity index (χ4v) is 5.52. The molecule has 5 rings (SSSR count). The summed E-state index contributed by atoms with van der Waals surface area (Å²) in [5.41, 5.74) is 2.27. The number of halogens is 1. The molecule has 4 nitrogen and oxygen atoms in total. The summed E-state index contributed by atoms with van der Waals surface area (Å²) in [4.78, 5) is 16.6. The molecule has 1 aromatic carbocycles. The first-order chi connectivity index (χ1) is 13.3. The quantitative estimate of drug-likeness (QED) is 0.685. The minimum atomic E-state index is -0.109. The van der Waals surface area contributed by atoms with Crippen molar-refractivity contribution in [2.24, 2.45) is 0 Å². The van der Waals surface area contributed by atoms with Crippen LogP contribution in [0.2, 0.25) is 0 Å². The summed E-state index contributed by atoms with van der Waals surface area (Å²) in [5, 5.41) is 1.29. The van der Waals surface area contributed by atoms with E-state index in [1.165, 1.54) is 35.1 Å². The Hall–Kier alpha value is -2.05. The summed E-state index contributed by atoms with van der Waals surface area (Å²) in [5.74, 6) is 0.993. The molecule has 0 atom stereocenters. The van der Waals surface area contributed by atoms with Crippen molar-refractivity contribution in [3.05, 3.63) is 52.4 Å². The molecule has 0 unspecified atom stereocenters. The lowest BCUT2D eigenvalue weighted by Crippen LogP contribution is -2.46. The lowest BCUT2D eigenvalue weighted by atomic mass is 9.97. The zero-order valence-corrected chi connectivity index (χ0v) is 16.1. The van der Waals surface area contributed by atoms with Gasteiger partial charge in [0.1, 0.15) is 22.8 Å². The molecule has 2 aromatic heterocycles. The molecule has 6 heteroatoms. The number of thiophene rings is 1. The van der Waals surface area contributed by atoms with E-state index in [1.807, 2.05) is 23.5 Å². The van der Waals surface area contributed by atoms with Gasteiger partial charge in [0.2, 0.25) is 0 Å². The molecule has 1 saturated heterocycles. The average molecular weight is 383 g/mol. The van der Waals surface area contributed by atoms with Crippen LogP contribution >= 0.6 is 11.3 Å². The Morgan fingerprint density at radius 1 is 1.00 bits per heavy atom. The minimum absolute atomic E-state index is 0.109. The number of piperazine rings is 1. The van der Waals surface area contributed by atoms with Crippen molar-refractivity contribution in [2.75, 3.05) is 31.1 Å². The van der Waals surface area contributed by atoms with Crippen molar-refractivity contribution in [3.8, 4) is 0 Å². The highest BCUT2D eigenvalue weighted by Crippen LogP contribution is 2.39. The molecule has 0 saturated carbocycles. The van der Waals surface area contributed by atoms with E-state index in [0.29, 0.717) is 6.54 Å². The molecular weight excluding hydrogens is 359 g/mol. The maximum atomic E-state index is 13.9. The number of rotatable bonds is 3. The Balaban J connectivity index is 1.35. The molecule has 1 aliphatic heterocycles. The fraction of sp³-hybridized carbons (Fsp3) is 0.429. The fourth-order valence-electron chi connectivity index (χ4n) is 4.30. The van der Waals surface area contributed by atoms with Crippen LogP contribution in [0.4, 0.5) is 10.2 Å². The normalized spacial score (nSPS) is 18.0. The van der Waals surface area contributed by atoms with Crippen LogP contribution in [0.5, 0.6) is 0 Å². The smallest absolute Gasteiger partial charge is 0.141 e. The Kier molecular flexibility index (Phi) is 4.53. The molecule has 140 valence electrons. The largest absolute Gasteiger partial charge is 0.353 e. The number of aryl methyl sites for hydroxylation is 2. The Labute approximate surface area is 162 Å². The van der Waals surface area contributed by atoms with E-state index in [4.69, 9.17) is 0 Å². The van der Waals surface area contributed by atoms with Crippen molar-refractivity contribution in [1.29, 1.82) is 0 Å². The maximum absolute atomic E-state index is 13.9. The number of benzene rings is 1. The summed E-state index contributed by atoms with van der Waals surface area (Å²) in [6.07, 6.45) is 6.61. The van der Waals surface area contributed by atoms with Crippen molar-refractivity contribution < 1.29 is 4.39 Å². The van der Waals surface area contributed by atoms with Crippen LogP contribution < -0.4 is 4.90 Å². The summed E-state index contributed by atoms with van der Waals surface area (Å²) >= 11 is 1.85. The van der Waals surface area contributed by atoms with E-state index in [0.717, 1.165) is 48.8 Å². The lowest BCUT2D eigenvalue weighted by Gasteiger charge is -2.35. The second-order valence-electron chi connectivity index (χ2n) is 7.44. The lowest BCUT2D eigenvalue weighted by molar-refractivity contribution is 0.246. The van der Waals surface area contributed by atoms with E-state index in [2.05, 4.69) is 19.8 Å². The van der Waals surface area contributed by atoms with Gasteiger partial charge < -0.3 is 4.90 Å². The predicted octanol–water partition coefficient (Wildman–Crippen LogP) is 4.03. The predicted molar refractivity (Wildman–Crippen MR) is 108 cm³/mol. The zero-order valence-electron chi connectivity index (χ0n) is 15.3. The third-order valence-electron chi connectivity index (χ3n) is 5.75. The van der Waals surface area contributed by atoms with Crippen molar-refractivity contribution in [3.63, 3.8) is 0 Å². The summed E-state index contributed by atoms with van der Waals surface area (Å²) in [7, 11) is 0. The van der Waals surface area contributed by atoms with Crippen LogP contribution in [0.1, 0.15) is 28.8 Å². The molecule has 0 radical (unpaired) electrons. The molecular formula is C21H23FN4S. The van der Waals surface area contributed by atoms with Crippen LogP contribution in [0, 0.1) is 5.82 Å². The van der Waals surface area contributed by atoms with Crippen molar-refractivity contribution >= 4 is 27.4 Å². The highest BCUT2D eigenvalue weighted by Gasteiger charge is 2.25. The van der Waals surface area contributed by atoms with Crippen LogP contribution in [0.25, 0.3) is 10.2 Å². The van der Waals surface area contributed by atoms with Gasteiger partial charge in [0.05, 0.1) is 5.39 Å². The van der Waals surface area contributed by atoms with Gasteiger partial charge in [-0.25, -0.2) is 14.4 Å². The summed E-state index contributed by atoms with van der Waals surface area (Å²) < 4.78 is 13.9. The summed E-state index contributed by atoms with van der Waals surface area (Å²) in [6, 6.07) is 7.08. The van der Waals surface area contributed by atoms with E-state index < -0.39 is 0 Å². The number of fused-ring (bicyclic) bond motifs is 3. The average Bonchev–Trinajstić information content (AvgIpc) is 3.09. The van der Waals surface area contributed by atoms with E-state index in [-0.39, 0.29) is 5.82 Å². The number of hydrogen-bond acceptors (Lipinski definition) is 5. The second kappa shape index (κ2) is 7.17. The maximum Gasteiger partial charge on any atom is 0.141 e. The zero-order chi connectivity index (χ0) is 18.2. The highest BCUT2D eigenvalue weighted by atomic mass is 32.1. The molecule has 0 amide bonds. The first kappa shape index (κ1) is 17.1. The number of hydrogen-bond donors (Lipinski definition) is 0. The van der Waals surface area contributed by atoms with Gasteiger partial charge in [-0.15, -0.1) is 11.3 Å². The minimum Gasteiger partial charge on any atom is -0.353 e. The Morgan fingerprint density at radius 3 is 2.67 bits per heavy atom. The van der Waals surface area contributed by atoms with Gasteiger partial charge in [0.15, 0.2) is 0 Å². The van der Waals surface area contributed by atoms with Gasteiger partial charge in [0.25, 0.3) is 0 Å². The van der Waals surface area contributed by atoms with Crippen LogP contribution in [-0.4, -0.2) is 41.0 Å². The Morgan fingerprint density at radius 2 is 1.81 bits per heavy atom. The monoisotopic (exact) mass is 382 g/mol. The molecule has 0 N–H and O–H groups in total. The van der Waals surface area contributed by atoms with E-state index in [9.17, 15) is 4.39 Å². The molecule has 0 spiro atoms. The number of aromatic nitrogens is 2. The molecule has 1 fully saturated rings. The van der Waals surface area contributed by atoms with Gasteiger partial charge in [-0.3, -0.25) is 4.90 Å². The third-order valence-corrected chi connectivity index (χ3v) is 6.95. The van der Waals surface area contributed by atoms with Crippen LogP contribution in [0.15, 0.2) is 30.6 Å². The van der Waals surface area contributed by atoms with Gasteiger partial charge in [0, 0.05) is 43.2 Å². The Bertz CT molecular complexity index is 962. The van der Waals surface area contributed by atoms with Crippen LogP contribution in [-0.2, 0) is 19.4 Å². The first-order valence-corrected chi connectivity index (χ1v) is 10.6. The van der Waals surface area contributed by atoms with Gasteiger partial charge in [-0.1, -0.05) is 18.2 Å². The molecule has 0 bridgehead atoms. The topological polar surface area (TPSA) is 32.3 Å². The second-order valence-corrected chi connectivity index (χ2v) is 8.53. The third kappa shape index (κ3) is 3.21. The molecule has 3 heterocycles. The van der Waals surface area contributed by atoms with Crippen molar-refractivity contribution in [1.82, 2.24) is 14.9 Å². The van der Waals surface area contributed by atoms with Crippen LogP contribution in [0.3, 0.4) is 0 Å². The highest BCUT2D eigenvalue weighted by molar-refractivity contribution is 7.19. The van der Waals surface area contributed by atoms with Gasteiger partial charge >= 0.3 is 0 Å². The van der Waals surface area contributed by atoms with Gasteiger partial charge in [-0.2, -0.15) is 0 Å². The molecule has 27 heavy (non-hydrogen) atoms.